The number of aromatic nitrogens is 1. The Morgan fingerprint density at radius 2 is 2.35 bits per heavy atom. The number of carbonyl (C=O) groups is 1. The number of amides is 1. The smallest absolute Gasteiger partial charge is 0.267 e. The van der Waals surface area contributed by atoms with Gasteiger partial charge in [0, 0.05) is 25.7 Å². The molecule has 3 N–H and O–H groups in total. The highest BCUT2D eigenvalue weighted by Crippen LogP contribution is 2.27. The Balaban J connectivity index is 2.10. The number of nitrogens with two attached hydrogens (primary N) is 1. The first-order chi connectivity index (χ1) is 9.52. The number of nitrogen functional groups attached to an aromatic ring is 1. The lowest BCUT2D eigenvalue weighted by molar-refractivity contribution is 0.0640. The Bertz CT molecular complexity index is 473. The Morgan fingerprint density at radius 1 is 1.60 bits per heavy atom. The zero-order chi connectivity index (χ0) is 14.7. The van der Waals surface area contributed by atoms with Gasteiger partial charge in [0.15, 0.2) is 5.13 Å². The molecular weight excluding hydrogens is 274 g/mol. The van der Waals surface area contributed by atoms with Crippen molar-refractivity contribution in [3.63, 3.8) is 0 Å². The number of likely N-dealkylation sites (tertiary alicyclic amines) is 1. The minimum atomic E-state index is 0.00991. The van der Waals surface area contributed by atoms with Gasteiger partial charge in [-0.3, -0.25) is 4.79 Å². The summed E-state index contributed by atoms with van der Waals surface area (Å²) in [6.07, 6.45) is 2.17. The number of likely N-dealkylation sites (N-methyl/N-ethyl adjacent to an activating group) is 1. The van der Waals surface area contributed by atoms with Crippen LogP contribution in [0.4, 0.5) is 10.9 Å². The SMILES string of the molecule is CCNc1nc(N)c(C(=O)N2CCCC(N(C)C)C2)s1. The molecule has 20 heavy (non-hydrogen) atoms. The molecule has 6 nitrogen and oxygen atoms in total. The van der Waals surface area contributed by atoms with Crippen molar-refractivity contribution in [1.29, 1.82) is 0 Å². The van der Waals surface area contributed by atoms with Gasteiger partial charge in [-0.1, -0.05) is 11.3 Å². The lowest BCUT2D eigenvalue weighted by atomic mass is 10.0. The standard InChI is InChI=1S/C13H23N5OS/c1-4-15-13-16-11(14)10(20-13)12(19)18-7-5-6-9(8-18)17(2)3/h9H,4-8,14H2,1-3H3,(H,15,16). The molecule has 0 radical (unpaired) electrons. The molecule has 1 aromatic rings. The van der Waals surface area contributed by atoms with E-state index in [9.17, 15) is 4.79 Å². The normalized spacial score (nSPS) is 19.4. The summed E-state index contributed by atoms with van der Waals surface area (Å²) in [7, 11) is 4.12. The first-order valence-corrected chi connectivity index (χ1v) is 7.80. The second-order valence-corrected chi connectivity index (χ2v) is 6.27. The number of nitrogens with zero attached hydrogens (tertiary/aromatic N) is 3. The van der Waals surface area contributed by atoms with Crippen LogP contribution in [0.3, 0.4) is 0 Å². The third-order valence-electron chi connectivity index (χ3n) is 3.59. The van der Waals surface area contributed by atoms with Crippen LogP contribution in [0.5, 0.6) is 0 Å². The number of carbonyl (C=O) groups excluding carboxylic acids is 1. The van der Waals surface area contributed by atoms with Crippen LogP contribution in [-0.4, -0.2) is 60.5 Å². The molecule has 1 aliphatic heterocycles. The number of piperidine rings is 1. The minimum Gasteiger partial charge on any atom is -0.382 e. The van der Waals surface area contributed by atoms with Crippen LogP contribution < -0.4 is 11.1 Å². The van der Waals surface area contributed by atoms with Crippen LogP contribution in [-0.2, 0) is 0 Å². The number of rotatable bonds is 4. The van der Waals surface area contributed by atoms with Crippen molar-refractivity contribution in [2.24, 2.45) is 0 Å². The molecule has 112 valence electrons. The van der Waals surface area contributed by atoms with E-state index in [0.717, 1.165) is 37.6 Å². The molecule has 1 amide bonds. The zero-order valence-corrected chi connectivity index (χ0v) is 13.2. The topological polar surface area (TPSA) is 74.5 Å². The molecule has 0 spiro atoms. The number of anilines is 2. The summed E-state index contributed by atoms with van der Waals surface area (Å²) in [4.78, 5) is 21.4. The van der Waals surface area contributed by atoms with Crippen LogP contribution >= 0.6 is 11.3 Å². The maximum Gasteiger partial charge on any atom is 0.267 e. The predicted octanol–water partition coefficient (Wildman–Crippen LogP) is 1.32. The van der Waals surface area contributed by atoms with Gasteiger partial charge in [0.05, 0.1) is 0 Å². The van der Waals surface area contributed by atoms with Crippen LogP contribution in [0.25, 0.3) is 0 Å². The minimum absolute atomic E-state index is 0.00991. The molecule has 0 saturated carbocycles. The maximum absolute atomic E-state index is 12.6. The highest BCUT2D eigenvalue weighted by atomic mass is 32.1. The largest absolute Gasteiger partial charge is 0.382 e. The van der Waals surface area contributed by atoms with E-state index in [-0.39, 0.29) is 5.91 Å². The average molecular weight is 297 g/mol. The van der Waals surface area contributed by atoms with Gasteiger partial charge in [-0.25, -0.2) is 4.98 Å². The zero-order valence-electron chi connectivity index (χ0n) is 12.3. The monoisotopic (exact) mass is 297 g/mol. The third-order valence-corrected chi connectivity index (χ3v) is 4.61. The predicted molar refractivity (Wildman–Crippen MR) is 83.3 cm³/mol. The van der Waals surface area contributed by atoms with Crippen LogP contribution in [0.15, 0.2) is 0 Å². The Kier molecular flexibility index (Phi) is 4.82. The number of thiazole rings is 1. The Morgan fingerprint density at radius 3 is 3.00 bits per heavy atom. The van der Waals surface area contributed by atoms with Gasteiger partial charge >= 0.3 is 0 Å². The van der Waals surface area contributed by atoms with Crippen molar-refractivity contribution in [3.05, 3.63) is 4.88 Å². The van der Waals surface area contributed by atoms with Crippen molar-refractivity contribution >= 4 is 28.2 Å². The van der Waals surface area contributed by atoms with E-state index in [1.54, 1.807) is 0 Å². The van der Waals surface area contributed by atoms with Crippen molar-refractivity contribution in [3.8, 4) is 0 Å². The van der Waals surface area contributed by atoms with E-state index in [1.165, 1.54) is 11.3 Å². The van der Waals surface area contributed by atoms with Crippen molar-refractivity contribution < 1.29 is 4.79 Å². The summed E-state index contributed by atoms with van der Waals surface area (Å²) in [6.45, 7) is 4.33. The van der Waals surface area contributed by atoms with Crippen molar-refractivity contribution in [1.82, 2.24) is 14.8 Å². The fourth-order valence-electron chi connectivity index (χ4n) is 2.42. The summed E-state index contributed by atoms with van der Waals surface area (Å²) < 4.78 is 0. The first-order valence-electron chi connectivity index (χ1n) is 6.98. The number of nitrogens with one attached hydrogen (secondary N) is 1. The lowest BCUT2D eigenvalue weighted by Crippen LogP contribution is -2.47. The molecule has 1 atom stereocenters. The van der Waals surface area contributed by atoms with Gasteiger partial charge in [0.25, 0.3) is 5.91 Å². The van der Waals surface area contributed by atoms with Crippen LogP contribution in [0, 0.1) is 0 Å². The van der Waals surface area contributed by atoms with Gasteiger partial charge < -0.3 is 20.9 Å². The van der Waals surface area contributed by atoms with E-state index in [1.807, 2.05) is 11.8 Å². The Hall–Kier alpha value is -1.34. The third kappa shape index (κ3) is 3.21. The van der Waals surface area contributed by atoms with E-state index >= 15 is 0 Å². The Labute approximate surface area is 124 Å². The van der Waals surface area contributed by atoms with Gasteiger partial charge in [0.2, 0.25) is 0 Å². The van der Waals surface area contributed by atoms with Crippen molar-refractivity contribution in [2.45, 2.75) is 25.8 Å². The summed E-state index contributed by atoms with van der Waals surface area (Å²) in [5.41, 5.74) is 5.88. The molecular formula is C13H23N5OS. The van der Waals surface area contributed by atoms with Gasteiger partial charge in [-0.05, 0) is 33.9 Å². The van der Waals surface area contributed by atoms with E-state index in [4.69, 9.17) is 5.73 Å². The summed E-state index contributed by atoms with van der Waals surface area (Å²) in [5, 5.41) is 3.82. The van der Waals surface area contributed by atoms with Gasteiger partial charge in [0.1, 0.15) is 10.7 Å². The van der Waals surface area contributed by atoms with Crippen molar-refractivity contribution in [2.75, 3.05) is 44.8 Å². The molecule has 1 aliphatic rings. The van der Waals surface area contributed by atoms with E-state index < -0.39 is 0 Å². The molecule has 0 aromatic carbocycles. The van der Waals surface area contributed by atoms with E-state index in [0.29, 0.717) is 16.7 Å². The summed E-state index contributed by atoms with van der Waals surface area (Å²) in [5.74, 6) is 0.346. The quantitative estimate of drug-likeness (QED) is 0.877. The second kappa shape index (κ2) is 6.41. The fourth-order valence-corrected chi connectivity index (χ4v) is 3.34. The summed E-state index contributed by atoms with van der Waals surface area (Å²) in [6, 6.07) is 0.426. The molecule has 0 aliphatic carbocycles. The highest BCUT2D eigenvalue weighted by molar-refractivity contribution is 7.18. The molecule has 1 fully saturated rings. The average Bonchev–Trinajstić information content (AvgIpc) is 2.79. The maximum atomic E-state index is 12.6. The number of hydrogen-bond acceptors (Lipinski definition) is 6. The van der Waals surface area contributed by atoms with Crippen LogP contribution in [0.1, 0.15) is 29.4 Å². The molecule has 2 heterocycles. The molecule has 1 saturated heterocycles. The molecule has 1 unspecified atom stereocenters. The lowest BCUT2D eigenvalue weighted by Gasteiger charge is -2.35. The molecule has 1 aromatic heterocycles. The van der Waals surface area contributed by atoms with Crippen LogP contribution in [0.2, 0.25) is 0 Å². The molecule has 2 rings (SSSR count). The number of hydrogen-bond donors (Lipinski definition) is 2. The summed E-state index contributed by atoms with van der Waals surface area (Å²) >= 11 is 1.34. The fraction of sp³-hybridized carbons (Fsp3) is 0.692. The first kappa shape index (κ1) is 15.1. The molecule has 0 bridgehead atoms. The van der Waals surface area contributed by atoms with Gasteiger partial charge in [-0.2, -0.15) is 0 Å². The van der Waals surface area contributed by atoms with Gasteiger partial charge in [-0.15, -0.1) is 0 Å². The highest BCUT2D eigenvalue weighted by Gasteiger charge is 2.28. The molecule has 7 heteroatoms. The van der Waals surface area contributed by atoms with E-state index in [2.05, 4.69) is 29.3 Å². The second-order valence-electron chi connectivity index (χ2n) is 5.27.